The van der Waals surface area contributed by atoms with Crippen molar-refractivity contribution in [1.29, 1.82) is 0 Å². The Bertz CT molecular complexity index is 1200. The molecular weight excluding hydrogens is 413 g/mol. The number of halogens is 1. The number of carbonyl (C=O) groups excluding carboxylic acids is 1. The molecule has 0 unspecified atom stereocenters. The van der Waals surface area contributed by atoms with E-state index in [-0.39, 0.29) is 21.8 Å². The van der Waals surface area contributed by atoms with E-state index in [1.165, 1.54) is 31.3 Å². The molecule has 3 aromatic rings. The number of nitro groups is 1. The smallest absolute Gasteiger partial charge is 0.271 e. The molecular formula is C20H16FN3O5S. The number of anilines is 2. The minimum Gasteiger partial charge on any atom is -0.319 e. The second-order valence-corrected chi connectivity index (χ2v) is 8.18. The zero-order valence-electron chi connectivity index (χ0n) is 15.7. The Labute approximate surface area is 171 Å². The molecule has 1 N–H and O–H groups in total. The zero-order chi connectivity index (χ0) is 21.9. The van der Waals surface area contributed by atoms with E-state index in [2.05, 4.69) is 5.32 Å². The lowest BCUT2D eigenvalue weighted by Crippen LogP contribution is -2.26. The molecule has 0 radical (unpaired) electrons. The summed E-state index contributed by atoms with van der Waals surface area (Å²) in [6, 6.07) is 16.3. The van der Waals surface area contributed by atoms with Crippen LogP contribution in [0.4, 0.5) is 21.5 Å². The van der Waals surface area contributed by atoms with E-state index < -0.39 is 26.7 Å². The molecule has 0 fully saturated rings. The minimum atomic E-state index is -3.85. The second-order valence-electron chi connectivity index (χ2n) is 6.21. The SMILES string of the molecule is CN(c1ccccc1)S(=O)(=O)c1ccc(C(=O)Nc2cc([N+](=O)[O-])ccc2F)cc1. The molecule has 154 valence electrons. The summed E-state index contributed by atoms with van der Waals surface area (Å²) in [7, 11) is -2.44. The number of non-ortho nitro benzene ring substituents is 1. The predicted octanol–water partition coefficient (Wildman–Crippen LogP) is 3.81. The lowest BCUT2D eigenvalue weighted by molar-refractivity contribution is -0.384. The van der Waals surface area contributed by atoms with Crippen LogP contribution in [0.2, 0.25) is 0 Å². The summed E-state index contributed by atoms with van der Waals surface area (Å²) in [5, 5.41) is 13.1. The fourth-order valence-electron chi connectivity index (χ4n) is 2.63. The number of nitrogens with one attached hydrogen (secondary N) is 1. The summed E-state index contributed by atoms with van der Waals surface area (Å²) in [4.78, 5) is 22.4. The third-order valence-corrected chi connectivity index (χ3v) is 6.10. The van der Waals surface area contributed by atoms with E-state index in [1.54, 1.807) is 30.3 Å². The highest BCUT2D eigenvalue weighted by Gasteiger charge is 2.22. The third kappa shape index (κ3) is 4.28. The number of benzene rings is 3. The molecule has 0 bridgehead atoms. The molecule has 0 saturated heterocycles. The van der Waals surface area contributed by atoms with Gasteiger partial charge in [0.05, 0.1) is 21.2 Å². The van der Waals surface area contributed by atoms with Crippen molar-refractivity contribution in [3.8, 4) is 0 Å². The summed E-state index contributed by atoms with van der Waals surface area (Å²) in [5.74, 6) is -1.58. The Kier molecular flexibility index (Phi) is 5.79. The Hall–Kier alpha value is -3.79. The van der Waals surface area contributed by atoms with Crippen molar-refractivity contribution in [3.63, 3.8) is 0 Å². The van der Waals surface area contributed by atoms with Crippen LogP contribution in [0, 0.1) is 15.9 Å². The zero-order valence-corrected chi connectivity index (χ0v) is 16.5. The number of rotatable bonds is 6. The molecule has 0 spiro atoms. The molecule has 0 aromatic heterocycles. The molecule has 30 heavy (non-hydrogen) atoms. The van der Waals surface area contributed by atoms with Gasteiger partial charge in [0, 0.05) is 24.7 Å². The molecule has 0 aliphatic rings. The van der Waals surface area contributed by atoms with Crippen molar-refractivity contribution < 1.29 is 22.5 Å². The highest BCUT2D eigenvalue weighted by molar-refractivity contribution is 7.92. The fourth-order valence-corrected chi connectivity index (χ4v) is 3.83. The average Bonchev–Trinajstić information content (AvgIpc) is 2.75. The van der Waals surface area contributed by atoms with Crippen LogP contribution in [-0.2, 0) is 10.0 Å². The first-order valence-electron chi connectivity index (χ1n) is 8.59. The number of nitro benzene ring substituents is 1. The molecule has 3 rings (SSSR count). The van der Waals surface area contributed by atoms with Gasteiger partial charge in [-0.1, -0.05) is 18.2 Å². The van der Waals surface area contributed by atoms with E-state index in [1.807, 2.05) is 0 Å². The largest absolute Gasteiger partial charge is 0.319 e. The Balaban J connectivity index is 1.81. The van der Waals surface area contributed by atoms with Crippen molar-refractivity contribution in [2.75, 3.05) is 16.7 Å². The van der Waals surface area contributed by atoms with Gasteiger partial charge >= 0.3 is 0 Å². The van der Waals surface area contributed by atoms with Gasteiger partial charge in [0.25, 0.3) is 21.6 Å². The Morgan fingerprint density at radius 2 is 1.67 bits per heavy atom. The summed E-state index contributed by atoms with van der Waals surface area (Å²) >= 11 is 0. The minimum absolute atomic E-state index is 0.0352. The van der Waals surface area contributed by atoms with Gasteiger partial charge in [-0.3, -0.25) is 19.2 Å². The van der Waals surface area contributed by atoms with Gasteiger partial charge in [-0.2, -0.15) is 0 Å². The molecule has 0 saturated carbocycles. The normalized spacial score (nSPS) is 11.0. The number of carbonyl (C=O) groups is 1. The maximum Gasteiger partial charge on any atom is 0.271 e. The van der Waals surface area contributed by atoms with Gasteiger partial charge in [-0.15, -0.1) is 0 Å². The van der Waals surface area contributed by atoms with Crippen LogP contribution < -0.4 is 9.62 Å². The summed E-state index contributed by atoms with van der Waals surface area (Å²) in [6.07, 6.45) is 0. The van der Waals surface area contributed by atoms with Crippen molar-refractivity contribution in [3.05, 3.63) is 94.3 Å². The van der Waals surface area contributed by atoms with E-state index in [0.29, 0.717) is 5.69 Å². The first-order chi connectivity index (χ1) is 14.2. The van der Waals surface area contributed by atoms with Crippen molar-refractivity contribution in [2.24, 2.45) is 0 Å². The van der Waals surface area contributed by atoms with E-state index in [9.17, 15) is 27.7 Å². The number of para-hydroxylation sites is 1. The van der Waals surface area contributed by atoms with Gasteiger partial charge in [-0.05, 0) is 42.5 Å². The molecule has 8 nitrogen and oxygen atoms in total. The number of hydrogen-bond donors (Lipinski definition) is 1. The lowest BCUT2D eigenvalue weighted by atomic mass is 10.2. The highest BCUT2D eigenvalue weighted by Crippen LogP contribution is 2.24. The predicted molar refractivity (Wildman–Crippen MR) is 109 cm³/mol. The Morgan fingerprint density at radius 1 is 1.03 bits per heavy atom. The maximum atomic E-state index is 13.9. The van der Waals surface area contributed by atoms with Gasteiger partial charge in [0.1, 0.15) is 5.82 Å². The van der Waals surface area contributed by atoms with Crippen molar-refractivity contribution in [2.45, 2.75) is 4.90 Å². The maximum absolute atomic E-state index is 13.9. The van der Waals surface area contributed by atoms with E-state index in [0.717, 1.165) is 22.5 Å². The van der Waals surface area contributed by atoms with Crippen LogP contribution in [0.5, 0.6) is 0 Å². The summed E-state index contributed by atoms with van der Waals surface area (Å²) in [5.41, 5.74) is -0.200. The second kappa shape index (κ2) is 8.29. The van der Waals surface area contributed by atoms with Gasteiger partial charge in [-0.25, -0.2) is 12.8 Å². The molecule has 0 heterocycles. The fraction of sp³-hybridized carbons (Fsp3) is 0.0500. The van der Waals surface area contributed by atoms with E-state index >= 15 is 0 Å². The molecule has 0 aliphatic heterocycles. The molecule has 3 aromatic carbocycles. The van der Waals surface area contributed by atoms with Crippen LogP contribution in [0.25, 0.3) is 0 Å². The molecule has 0 atom stereocenters. The highest BCUT2D eigenvalue weighted by atomic mass is 32.2. The van der Waals surface area contributed by atoms with E-state index in [4.69, 9.17) is 0 Å². The van der Waals surface area contributed by atoms with Crippen LogP contribution >= 0.6 is 0 Å². The quantitative estimate of drug-likeness (QED) is 0.473. The Morgan fingerprint density at radius 3 is 2.27 bits per heavy atom. The van der Waals surface area contributed by atoms with Crippen molar-refractivity contribution in [1.82, 2.24) is 0 Å². The first kappa shape index (κ1) is 20.9. The summed E-state index contributed by atoms with van der Waals surface area (Å²) in [6.45, 7) is 0. The lowest BCUT2D eigenvalue weighted by Gasteiger charge is -2.19. The van der Waals surface area contributed by atoms with Crippen LogP contribution in [-0.4, -0.2) is 26.3 Å². The van der Waals surface area contributed by atoms with Gasteiger partial charge in [0.2, 0.25) is 0 Å². The standard InChI is InChI=1S/C20H16FN3O5S/c1-23(15-5-3-2-4-6-15)30(28,29)17-10-7-14(8-11-17)20(25)22-19-13-16(24(26)27)9-12-18(19)21/h2-13H,1H3,(H,22,25). The number of nitrogens with zero attached hydrogens (tertiary/aromatic N) is 2. The van der Waals surface area contributed by atoms with Crippen molar-refractivity contribution >= 4 is 33.0 Å². The molecule has 10 heteroatoms. The first-order valence-corrected chi connectivity index (χ1v) is 10.0. The number of amides is 1. The molecule has 1 amide bonds. The average molecular weight is 429 g/mol. The number of hydrogen-bond acceptors (Lipinski definition) is 5. The third-order valence-electron chi connectivity index (χ3n) is 4.30. The molecule has 0 aliphatic carbocycles. The van der Waals surface area contributed by atoms with Gasteiger partial charge < -0.3 is 5.32 Å². The van der Waals surface area contributed by atoms with Crippen LogP contribution in [0.15, 0.2) is 77.7 Å². The van der Waals surface area contributed by atoms with Crippen LogP contribution in [0.3, 0.4) is 0 Å². The summed E-state index contributed by atoms with van der Waals surface area (Å²) < 4.78 is 40.5. The van der Waals surface area contributed by atoms with Gasteiger partial charge in [0.15, 0.2) is 0 Å². The van der Waals surface area contributed by atoms with Crippen LogP contribution in [0.1, 0.15) is 10.4 Å². The number of sulfonamides is 1. The monoisotopic (exact) mass is 429 g/mol. The topological polar surface area (TPSA) is 110 Å².